The zero-order valence-electron chi connectivity index (χ0n) is 13.3. The van der Waals surface area contributed by atoms with Crippen LogP contribution in [0.25, 0.3) is 0 Å². The number of aromatic hydroxyl groups is 2. The summed E-state index contributed by atoms with van der Waals surface area (Å²) in [7, 11) is 0. The van der Waals surface area contributed by atoms with Crippen LogP contribution in [0.15, 0.2) is 47.5 Å². The number of carbonyl (C=O) groups excluding carboxylic acids is 3. The lowest BCUT2D eigenvalue weighted by Gasteiger charge is -2.32. The number of ketones is 3. The second-order valence-corrected chi connectivity index (χ2v) is 6.83. The van der Waals surface area contributed by atoms with Crippen molar-refractivity contribution >= 4 is 17.3 Å². The molecule has 128 valence electrons. The molecule has 0 aliphatic heterocycles. The molecule has 0 saturated carbocycles. The minimum absolute atomic E-state index is 0.0194. The molecule has 6 heteroatoms. The van der Waals surface area contributed by atoms with E-state index in [0.717, 1.165) is 0 Å². The Bertz CT molecular complexity index is 1110. The first-order valence-corrected chi connectivity index (χ1v) is 8.11. The lowest BCUT2D eigenvalue weighted by molar-refractivity contribution is 0.0486. The third-order valence-electron chi connectivity index (χ3n) is 5.57. The van der Waals surface area contributed by atoms with Crippen LogP contribution >= 0.6 is 0 Å². The molecular formula is C20H12O6. The van der Waals surface area contributed by atoms with E-state index in [1.165, 1.54) is 36.4 Å². The van der Waals surface area contributed by atoms with E-state index in [-0.39, 0.29) is 51.3 Å². The number of carbonyl (C=O) groups is 3. The summed E-state index contributed by atoms with van der Waals surface area (Å²) in [6.45, 7) is 0. The summed E-state index contributed by atoms with van der Waals surface area (Å²) in [5.41, 5.74) is -2.14. The number of hydrogen-bond acceptors (Lipinski definition) is 6. The molecule has 2 bridgehead atoms. The third kappa shape index (κ3) is 1.49. The summed E-state index contributed by atoms with van der Waals surface area (Å²) in [6, 6.07) is 8.43. The van der Waals surface area contributed by atoms with E-state index >= 15 is 0 Å². The van der Waals surface area contributed by atoms with E-state index in [9.17, 15) is 29.7 Å². The number of aliphatic hydroxyl groups is 1. The molecule has 0 unspecified atom stereocenters. The summed E-state index contributed by atoms with van der Waals surface area (Å²) in [4.78, 5) is 39.0. The summed E-state index contributed by atoms with van der Waals surface area (Å²) >= 11 is 0. The number of Topliss-reactive ketones (excluding diaryl/α,β-unsaturated/α-hetero) is 3. The zero-order valence-corrected chi connectivity index (χ0v) is 13.3. The maximum Gasteiger partial charge on any atom is 0.197 e. The fourth-order valence-electron chi connectivity index (χ4n) is 4.50. The average Bonchev–Trinajstić information content (AvgIpc) is 2.90. The van der Waals surface area contributed by atoms with Crippen LogP contribution in [-0.4, -0.2) is 32.7 Å². The van der Waals surface area contributed by atoms with Gasteiger partial charge in [0.05, 0.1) is 17.0 Å². The molecule has 0 spiro atoms. The van der Waals surface area contributed by atoms with Gasteiger partial charge < -0.3 is 15.3 Å². The van der Waals surface area contributed by atoms with E-state index < -0.39 is 28.9 Å². The van der Waals surface area contributed by atoms with Gasteiger partial charge in [-0.15, -0.1) is 0 Å². The molecule has 0 radical (unpaired) electrons. The quantitative estimate of drug-likeness (QED) is 0.670. The van der Waals surface area contributed by atoms with Gasteiger partial charge in [0.15, 0.2) is 17.3 Å². The second-order valence-electron chi connectivity index (χ2n) is 6.83. The highest BCUT2D eigenvalue weighted by Crippen LogP contribution is 2.57. The number of phenols is 2. The fourth-order valence-corrected chi connectivity index (χ4v) is 4.50. The summed E-state index contributed by atoms with van der Waals surface area (Å²) < 4.78 is 0. The predicted molar refractivity (Wildman–Crippen MR) is 88.2 cm³/mol. The minimum Gasteiger partial charge on any atom is -0.507 e. The molecule has 3 N–H and O–H groups in total. The molecular weight excluding hydrogens is 336 g/mol. The number of hydrogen-bond donors (Lipinski definition) is 3. The van der Waals surface area contributed by atoms with Crippen molar-refractivity contribution < 1.29 is 29.7 Å². The van der Waals surface area contributed by atoms with Crippen LogP contribution in [0.2, 0.25) is 0 Å². The molecule has 0 amide bonds. The fraction of sp³-hybridized carbons (Fsp3) is 0.150. The molecule has 0 aromatic heterocycles. The van der Waals surface area contributed by atoms with Crippen LogP contribution in [0.4, 0.5) is 0 Å². The Morgan fingerprint density at radius 2 is 1.54 bits per heavy atom. The van der Waals surface area contributed by atoms with E-state index in [1.54, 1.807) is 0 Å². The molecule has 0 saturated heterocycles. The number of benzene rings is 2. The Hall–Kier alpha value is -3.25. The van der Waals surface area contributed by atoms with Crippen LogP contribution in [0, 0.1) is 5.92 Å². The zero-order chi connectivity index (χ0) is 18.4. The van der Waals surface area contributed by atoms with Crippen molar-refractivity contribution in [1.82, 2.24) is 0 Å². The van der Waals surface area contributed by atoms with Crippen molar-refractivity contribution in [3.8, 4) is 11.5 Å². The monoisotopic (exact) mass is 348 g/mol. The lowest BCUT2D eigenvalue weighted by atomic mass is 9.74. The molecule has 3 aliphatic carbocycles. The number of fused-ring (bicyclic) bond motifs is 7. The van der Waals surface area contributed by atoms with E-state index in [4.69, 9.17) is 0 Å². The SMILES string of the molecule is O=C1C2=C(C(=O)c3c(O)cccc31)[C@@]1(O)C[C@H]2C(=O)c2c(O)cccc21. The van der Waals surface area contributed by atoms with Crippen LogP contribution in [0.3, 0.4) is 0 Å². The molecule has 26 heavy (non-hydrogen) atoms. The molecule has 6 nitrogen and oxygen atoms in total. The first kappa shape index (κ1) is 15.0. The van der Waals surface area contributed by atoms with Gasteiger partial charge >= 0.3 is 0 Å². The maximum atomic E-state index is 13.1. The van der Waals surface area contributed by atoms with Gasteiger partial charge in [-0.3, -0.25) is 14.4 Å². The molecule has 2 aromatic rings. The van der Waals surface area contributed by atoms with Crippen molar-refractivity contribution in [1.29, 1.82) is 0 Å². The average molecular weight is 348 g/mol. The Morgan fingerprint density at radius 3 is 2.27 bits per heavy atom. The van der Waals surface area contributed by atoms with Gasteiger partial charge in [-0.05, 0) is 18.6 Å². The first-order chi connectivity index (χ1) is 12.4. The Morgan fingerprint density at radius 1 is 0.885 bits per heavy atom. The normalized spacial score (nSPS) is 25.9. The second kappa shape index (κ2) is 4.47. The van der Waals surface area contributed by atoms with E-state index in [0.29, 0.717) is 0 Å². The van der Waals surface area contributed by atoms with Gasteiger partial charge in [-0.1, -0.05) is 24.3 Å². The highest BCUT2D eigenvalue weighted by atomic mass is 16.3. The summed E-state index contributed by atoms with van der Waals surface area (Å²) in [5.74, 6) is -3.34. The highest BCUT2D eigenvalue weighted by molar-refractivity contribution is 6.32. The van der Waals surface area contributed by atoms with Gasteiger partial charge in [-0.25, -0.2) is 0 Å². The minimum atomic E-state index is -1.85. The molecule has 5 rings (SSSR count). The van der Waals surface area contributed by atoms with Crippen LogP contribution in [-0.2, 0) is 5.60 Å². The van der Waals surface area contributed by atoms with Gasteiger partial charge in [0.2, 0.25) is 0 Å². The van der Waals surface area contributed by atoms with Gasteiger partial charge in [-0.2, -0.15) is 0 Å². The standard InChI is InChI=1S/C20H12O6/c21-11-5-1-3-8-13(11)19(25)16-14(17(8)23)9-7-20(16,26)10-4-2-6-12(22)15(10)18(9)24/h1-6,9,21-22,26H,7H2/t9-,20-/m1/s1. The topological polar surface area (TPSA) is 112 Å². The Labute approximate surface area is 147 Å². The number of phenolic OH excluding ortho intramolecular Hbond substituents is 2. The van der Waals surface area contributed by atoms with Crippen molar-refractivity contribution in [3.05, 3.63) is 69.8 Å². The van der Waals surface area contributed by atoms with Crippen LogP contribution in [0.5, 0.6) is 11.5 Å². The highest BCUT2D eigenvalue weighted by Gasteiger charge is 2.59. The van der Waals surface area contributed by atoms with Crippen molar-refractivity contribution in [3.63, 3.8) is 0 Å². The molecule has 0 fully saturated rings. The predicted octanol–water partition coefficient (Wildman–Crippen LogP) is 1.88. The number of rotatable bonds is 0. The van der Waals surface area contributed by atoms with Crippen LogP contribution in [0.1, 0.15) is 43.1 Å². The molecule has 2 aromatic carbocycles. The number of allylic oxidation sites excluding steroid dienone is 1. The smallest absolute Gasteiger partial charge is 0.197 e. The molecule has 0 heterocycles. The lowest BCUT2D eigenvalue weighted by Crippen LogP contribution is -2.36. The third-order valence-corrected chi connectivity index (χ3v) is 5.57. The largest absolute Gasteiger partial charge is 0.507 e. The summed E-state index contributed by atoms with van der Waals surface area (Å²) in [6.07, 6.45) is -0.126. The van der Waals surface area contributed by atoms with Crippen LogP contribution < -0.4 is 0 Å². The van der Waals surface area contributed by atoms with Gasteiger partial charge in [0, 0.05) is 22.3 Å². The van der Waals surface area contributed by atoms with E-state index in [2.05, 4.69) is 0 Å². The first-order valence-electron chi connectivity index (χ1n) is 8.11. The van der Waals surface area contributed by atoms with Crippen molar-refractivity contribution in [2.24, 2.45) is 5.92 Å². The Kier molecular flexibility index (Phi) is 2.59. The Balaban J connectivity index is 1.86. The molecule has 2 atom stereocenters. The molecule has 3 aliphatic rings. The van der Waals surface area contributed by atoms with Crippen molar-refractivity contribution in [2.45, 2.75) is 12.0 Å². The maximum absolute atomic E-state index is 13.1. The summed E-state index contributed by atoms with van der Waals surface area (Å²) in [5, 5.41) is 31.6. The van der Waals surface area contributed by atoms with Crippen molar-refractivity contribution in [2.75, 3.05) is 0 Å². The van der Waals surface area contributed by atoms with Gasteiger partial charge in [0.1, 0.15) is 17.1 Å². The van der Waals surface area contributed by atoms with E-state index in [1.807, 2.05) is 0 Å². The van der Waals surface area contributed by atoms with Gasteiger partial charge in [0.25, 0.3) is 0 Å².